The molecule has 0 unspecified atom stereocenters. The molecule has 1 aromatic heterocycles. The van der Waals surface area contributed by atoms with Crippen LogP contribution in [-0.2, 0) is 21.3 Å². The number of hydrogen-bond acceptors (Lipinski definition) is 4. The Morgan fingerprint density at radius 1 is 1.50 bits per heavy atom. The molecule has 2 aliphatic heterocycles. The summed E-state index contributed by atoms with van der Waals surface area (Å²) in [7, 11) is 3.47. The molecule has 0 radical (unpaired) electrons. The molecule has 2 amide bonds. The van der Waals surface area contributed by atoms with Crippen LogP contribution in [0.4, 0.5) is 0 Å². The van der Waals surface area contributed by atoms with Crippen LogP contribution < -0.4 is 5.32 Å². The van der Waals surface area contributed by atoms with E-state index in [1.807, 2.05) is 34.8 Å². The largest absolute Gasteiger partial charge is 0.370 e. The second-order valence-corrected chi connectivity index (χ2v) is 6.64. The molecule has 1 spiro atoms. The summed E-state index contributed by atoms with van der Waals surface area (Å²) >= 11 is 0. The van der Waals surface area contributed by atoms with Gasteiger partial charge in [0.25, 0.3) is 5.91 Å². The SMILES string of the molecule is CNC(=O)CO[C@H]1CO[C@]2(CCCN(C(=O)c3cccn3C)C2)C1. The molecule has 1 aromatic rings. The summed E-state index contributed by atoms with van der Waals surface area (Å²) in [6, 6.07) is 3.72. The van der Waals surface area contributed by atoms with Crippen LogP contribution in [0.25, 0.3) is 0 Å². The molecular formula is C17H25N3O4. The second kappa shape index (κ2) is 6.94. The maximum atomic E-state index is 12.7. The van der Waals surface area contributed by atoms with Crippen LogP contribution in [0.5, 0.6) is 0 Å². The highest BCUT2D eigenvalue weighted by atomic mass is 16.6. The summed E-state index contributed by atoms with van der Waals surface area (Å²) in [6.07, 6.45) is 4.34. The standard InChI is InChI=1S/C17H25N3O4/c1-18-15(21)11-23-13-9-17(24-10-13)6-4-8-20(12-17)16(22)14-5-3-7-19(14)2/h3,5,7,13H,4,6,8-12H2,1-2H3,(H,18,21)/t13-,17-/m1/s1. The number of hydrogen-bond donors (Lipinski definition) is 1. The lowest BCUT2D eigenvalue weighted by atomic mass is 9.89. The molecule has 3 rings (SSSR count). The molecule has 0 saturated carbocycles. The van der Waals surface area contributed by atoms with Crippen molar-refractivity contribution < 1.29 is 19.1 Å². The third kappa shape index (κ3) is 3.47. The summed E-state index contributed by atoms with van der Waals surface area (Å²) < 4.78 is 13.5. The molecule has 132 valence electrons. The van der Waals surface area contributed by atoms with E-state index in [0.717, 1.165) is 25.8 Å². The zero-order valence-corrected chi connectivity index (χ0v) is 14.3. The van der Waals surface area contributed by atoms with Crippen molar-refractivity contribution in [2.45, 2.75) is 31.0 Å². The number of ether oxygens (including phenoxy) is 2. The number of piperidine rings is 1. The van der Waals surface area contributed by atoms with E-state index in [1.165, 1.54) is 0 Å². The fraction of sp³-hybridized carbons (Fsp3) is 0.647. The number of aryl methyl sites for hydroxylation is 1. The Kier molecular flexibility index (Phi) is 4.91. The number of carbonyl (C=O) groups is 2. The van der Waals surface area contributed by atoms with Crippen LogP contribution >= 0.6 is 0 Å². The minimum absolute atomic E-state index is 0.0416. The number of amides is 2. The zero-order chi connectivity index (χ0) is 17.2. The minimum Gasteiger partial charge on any atom is -0.370 e. The number of carbonyl (C=O) groups excluding carboxylic acids is 2. The molecule has 0 aliphatic carbocycles. The molecule has 24 heavy (non-hydrogen) atoms. The summed E-state index contributed by atoms with van der Waals surface area (Å²) in [4.78, 5) is 25.9. The van der Waals surface area contributed by atoms with Gasteiger partial charge in [-0.2, -0.15) is 0 Å². The van der Waals surface area contributed by atoms with Gasteiger partial charge in [0.05, 0.1) is 24.9 Å². The maximum absolute atomic E-state index is 12.7. The molecule has 0 aromatic carbocycles. The van der Waals surface area contributed by atoms with Gasteiger partial charge in [-0.3, -0.25) is 9.59 Å². The van der Waals surface area contributed by atoms with Gasteiger partial charge >= 0.3 is 0 Å². The Labute approximate surface area is 141 Å². The van der Waals surface area contributed by atoms with Crippen molar-refractivity contribution in [3.63, 3.8) is 0 Å². The molecule has 2 atom stereocenters. The maximum Gasteiger partial charge on any atom is 0.270 e. The van der Waals surface area contributed by atoms with E-state index in [2.05, 4.69) is 5.32 Å². The van der Waals surface area contributed by atoms with Crippen LogP contribution in [-0.4, -0.2) is 66.3 Å². The summed E-state index contributed by atoms with van der Waals surface area (Å²) in [5.74, 6) is -0.0972. The summed E-state index contributed by atoms with van der Waals surface area (Å²) in [6.45, 7) is 1.85. The van der Waals surface area contributed by atoms with Gasteiger partial charge in [-0.25, -0.2) is 0 Å². The van der Waals surface area contributed by atoms with Gasteiger partial charge in [-0.15, -0.1) is 0 Å². The first-order valence-corrected chi connectivity index (χ1v) is 8.40. The molecule has 7 heteroatoms. The van der Waals surface area contributed by atoms with Crippen LogP contribution in [0.15, 0.2) is 18.3 Å². The first-order chi connectivity index (χ1) is 11.5. The van der Waals surface area contributed by atoms with Crippen LogP contribution in [0.1, 0.15) is 29.8 Å². The Balaban J connectivity index is 1.60. The van der Waals surface area contributed by atoms with Gasteiger partial charge in [0.15, 0.2) is 0 Å². The van der Waals surface area contributed by atoms with E-state index in [4.69, 9.17) is 9.47 Å². The van der Waals surface area contributed by atoms with E-state index in [0.29, 0.717) is 18.8 Å². The Bertz CT molecular complexity index is 615. The van der Waals surface area contributed by atoms with E-state index >= 15 is 0 Å². The third-order valence-electron chi connectivity index (χ3n) is 4.89. The Morgan fingerprint density at radius 2 is 2.33 bits per heavy atom. The average molecular weight is 335 g/mol. The smallest absolute Gasteiger partial charge is 0.270 e. The highest BCUT2D eigenvalue weighted by molar-refractivity contribution is 5.92. The van der Waals surface area contributed by atoms with Crippen LogP contribution in [0, 0.1) is 0 Å². The van der Waals surface area contributed by atoms with Gasteiger partial charge in [0, 0.05) is 33.3 Å². The first-order valence-electron chi connectivity index (χ1n) is 8.40. The van der Waals surface area contributed by atoms with E-state index in [1.54, 1.807) is 7.05 Å². The molecule has 0 bridgehead atoms. The van der Waals surface area contributed by atoms with Gasteiger partial charge in [0.2, 0.25) is 5.91 Å². The normalized spacial score (nSPS) is 26.8. The topological polar surface area (TPSA) is 72.8 Å². The second-order valence-electron chi connectivity index (χ2n) is 6.64. The van der Waals surface area contributed by atoms with Crippen LogP contribution in [0.2, 0.25) is 0 Å². The monoisotopic (exact) mass is 335 g/mol. The highest BCUT2D eigenvalue weighted by Crippen LogP contribution is 2.36. The van der Waals surface area contributed by atoms with E-state index in [-0.39, 0.29) is 30.1 Å². The number of aromatic nitrogens is 1. The number of likely N-dealkylation sites (N-methyl/N-ethyl adjacent to an activating group) is 1. The Hall–Kier alpha value is -1.86. The van der Waals surface area contributed by atoms with Crippen molar-refractivity contribution in [1.29, 1.82) is 0 Å². The van der Waals surface area contributed by atoms with E-state index in [9.17, 15) is 9.59 Å². The molecule has 7 nitrogen and oxygen atoms in total. The average Bonchev–Trinajstić information content (AvgIpc) is 3.18. The van der Waals surface area contributed by atoms with Crippen molar-refractivity contribution in [2.75, 3.05) is 33.4 Å². The summed E-state index contributed by atoms with van der Waals surface area (Å²) in [5, 5.41) is 2.54. The van der Waals surface area contributed by atoms with Crippen LogP contribution in [0.3, 0.4) is 0 Å². The summed E-state index contributed by atoms with van der Waals surface area (Å²) in [5.41, 5.74) is 0.351. The predicted octanol–water partition coefficient (Wildman–Crippen LogP) is 0.551. The lowest BCUT2D eigenvalue weighted by molar-refractivity contribution is -0.127. The molecule has 2 aliphatic rings. The lowest BCUT2D eigenvalue weighted by Crippen LogP contribution is -2.50. The van der Waals surface area contributed by atoms with Crippen molar-refractivity contribution >= 4 is 11.8 Å². The first kappa shape index (κ1) is 17.0. The molecule has 3 heterocycles. The fourth-order valence-corrected chi connectivity index (χ4v) is 3.58. The third-order valence-corrected chi connectivity index (χ3v) is 4.89. The van der Waals surface area contributed by atoms with Gasteiger partial charge in [0.1, 0.15) is 12.3 Å². The highest BCUT2D eigenvalue weighted by Gasteiger charge is 2.45. The zero-order valence-electron chi connectivity index (χ0n) is 14.3. The van der Waals surface area contributed by atoms with Crippen molar-refractivity contribution in [3.8, 4) is 0 Å². The minimum atomic E-state index is -0.341. The fourth-order valence-electron chi connectivity index (χ4n) is 3.58. The van der Waals surface area contributed by atoms with Crippen molar-refractivity contribution in [1.82, 2.24) is 14.8 Å². The number of rotatable bonds is 4. The van der Waals surface area contributed by atoms with Gasteiger partial charge < -0.3 is 24.3 Å². The number of likely N-dealkylation sites (tertiary alicyclic amines) is 1. The molecule has 1 N–H and O–H groups in total. The molecular weight excluding hydrogens is 310 g/mol. The van der Waals surface area contributed by atoms with Crippen molar-refractivity contribution in [2.24, 2.45) is 7.05 Å². The number of nitrogens with one attached hydrogen (secondary N) is 1. The Morgan fingerprint density at radius 3 is 3.04 bits per heavy atom. The molecule has 2 saturated heterocycles. The van der Waals surface area contributed by atoms with E-state index < -0.39 is 0 Å². The van der Waals surface area contributed by atoms with Crippen molar-refractivity contribution in [3.05, 3.63) is 24.0 Å². The number of nitrogens with zero attached hydrogens (tertiary/aromatic N) is 2. The predicted molar refractivity (Wildman–Crippen MR) is 87.7 cm³/mol. The lowest BCUT2D eigenvalue weighted by Gasteiger charge is -2.39. The van der Waals surface area contributed by atoms with Gasteiger partial charge in [-0.05, 0) is 25.0 Å². The molecule has 2 fully saturated rings. The quantitative estimate of drug-likeness (QED) is 0.872. The van der Waals surface area contributed by atoms with Gasteiger partial charge in [-0.1, -0.05) is 0 Å².